The Labute approximate surface area is 207 Å². The fourth-order valence-electron chi connectivity index (χ4n) is 5.32. The zero-order valence-corrected chi connectivity index (χ0v) is 21.4. The van der Waals surface area contributed by atoms with Gasteiger partial charge in [0.15, 0.2) is 0 Å². The average Bonchev–Trinajstić information content (AvgIpc) is 2.77. The Morgan fingerprint density at radius 3 is 2.71 bits per heavy atom. The van der Waals surface area contributed by atoms with Gasteiger partial charge >= 0.3 is 6.09 Å². The van der Waals surface area contributed by atoms with Gasteiger partial charge in [-0.05, 0) is 99.1 Å². The van der Waals surface area contributed by atoms with E-state index in [1.165, 1.54) is 11.6 Å². The molecule has 186 valence electrons. The first kappa shape index (κ1) is 25.0. The molecule has 0 saturated heterocycles. The first-order valence-corrected chi connectivity index (χ1v) is 12.4. The van der Waals surface area contributed by atoms with Crippen LogP contribution in [-0.4, -0.2) is 35.2 Å². The smallest absolute Gasteiger partial charge is 0.410 e. The van der Waals surface area contributed by atoms with Crippen molar-refractivity contribution >= 4 is 22.7 Å². The molecule has 1 saturated carbocycles. The number of hydrogen-bond acceptors (Lipinski definition) is 4. The lowest BCUT2D eigenvalue weighted by molar-refractivity contribution is 0.0260. The second-order valence-electron chi connectivity index (χ2n) is 10.9. The van der Waals surface area contributed by atoms with Crippen LogP contribution in [0.25, 0.3) is 21.9 Å². The number of benzene rings is 2. The lowest BCUT2D eigenvalue weighted by Gasteiger charge is -2.33. The van der Waals surface area contributed by atoms with Crippen molar-refractivity contribution in [3.63, 3.8) is 0 Å². The van der Waals surface area contributed by atoms with Crippen LogP contribution in [0.2, 0.25) is 0 Å². The van der Waals surface area contributed by atoms with Crippen molar-refractivity contribution in [2.75, 3.05) is 19.3 Å². The summed E-state index contributed by atoms with van der Waals surface area (Å²) in [5, 5.41) is 2.03. The topological polar surface area (TPSA) is 68.5 Å². The van der Waals surface area contributed by atoms with Gasteiger partial charge in [0.05, 0.1) is 0 Å². The second-order valence-corrected chi connectivity index (χ2v) is 10.9. The molecule has 4 rings (SSSR count). The molecular weight excluding hydrogens is 441 g/mol. The molecule has 3 aromatic rings. The lowest BCUT2D eigenvalue weighted by atomic mass is 9.76. The maximum Gasteiger partial charge on any atom is 0.410 e. The predicted octanol–water partition coefficient (Wildman–Crippen LogP) is 7.07. The number of carbonyl (C=O) groups excluding carboxylic acids is 1. The van der Waals surface area contributed by atoms with Crippen molar-refractivity contribution in [3.8, 4) is 11.1 Å². The van der Waals surface area contributed by atoms with Gasteiger partial charge in [-0.25, -0.2) is 14.2 Å². The Morgan fingerprint density at radius 2 is 2.00 bits per heavy atom. The fraction of sp³-hybridized carbons (Fsp3) is 0.448. The number of ether oxygens (including phenoxy) is 1. The number of carbonyl (C=O) groups is 1. The van der Waals surface area contributed by atoms with Gasteiger partial charge in [-0.2, -0.15) is 0 Å². The van der Waals surface area contributed by atoms with Gasteiger partial charge in [0.25, 0.3) is 0 Å². The van der Waals surface area contributed by atoms with Crippen LogP contribution in [0.4, 0.5) is 15.0 Å². The molecule has 1 amide bonds. The van der Waals surface area contributed by atoms with Crippen LogP contribution in [0, 0.1) is 18.7 Å². The van der Waals surface area contributed by atoms with Crippen LogP contribution in [0.3, 0.4) is 0 Å². The molecule has 0 bridgehead atoms. The minimum Gasteiger partial charge on any atom is -0.444 e. The number of aryl methyl sites for hydroxylation is 1. The number of nitrogen functional groups attached to an aromatic ring is 1. The van der Waals surface area contributed by atoms with E-state index in [4.69, 9.17) is 10.5 Å². The summed E-state index contributed by atoms with van der Waals surface area (Å²) < 4.78 is 20.4. The van der Waals surface area contributed by atoms with Crippen molar-refractivity contribution in [3.05, 3.63) is 59.5 Å². The van der Waals surface area contributed by atoms with Gasteiger partial charge in [0.1, 0.15) is 17.2 Å². The highest BCUT2D eigenvalue weighted by Gasteiger charge is 2.28. The molecule has 0 spiro atoms. The zero-order chi connectivity index (χ0) is 25.3. The molecule has 1 unspecified atom stereocenters. The Kier molecular flexibility index (Phi) is 7.02. The van der Waals surface area contributed by atoms with E-state index in [0.717, 1.165) is 47.6 Å². The Morgan fingerprint density at radius 1 is 1.23 bits per heavy atom. The monoisotopic (exact) mass is 477 g/mol. The van der Waals surface area contributed by atoms with Crippen molar-refractivity contribution in [1.29, 1.82) is 0 Å². The summed E-state index contributed by atoms with van der Waals surface area (Å²) in [6.07, 6.45) is 5.62. The number of halogens is 1. The summed E-state index contributed by atoms with van der Waals surface area (Å²) >= 11 is 0. The van der Waals surface area contributed by atoms with Gasteiger partial charge in [0, 0.05) is 30.7 Å². The molecule has 2 atom stereocenters. The third-order valence-corrected chi connectivity index (χ3v) is 6.86. The van der Waals surface area contributed by atoms with Crippen LogP contribution >= 0.6 is 0 Å². The normalized spacial score (nSPS) is 18.5. The molecule has 1 heterocycles. The standard InChI is InChI=1S/C29H36FN3O2/c1-18-8-6-11-25(30)27(18)21-13-22-16-32-26(31)15-24(22)23(14-21)20-10-7-9-19(12-20)17-33(5)28(34)35-29(2,3)4/h6,8,11,13-16,19-20H,7,9-10,12,17H2,1-5H3,(H2,31,32)/t19-,20?/m1/s1. The van der Waals surface area contributed by atoms with Gasteiger partial charge in [-0.3, -0.25) is 0 Å². The van der Waals surface area contributed by atoms with E-state index in [1.807, 2.05) is 45.9 Å². The van der Waals surface area contributed by atoms with Gasteiger partial charge in [-0.1, -0.05) is 24.6 Å². The molecule has 1 fully saturated rings. The van der Waals surface area contributed by atoms with Crippen molar-refractivity contribution < 1.29 is 13.9 Å². The molecule has 1 aliphatic rings. The number of nitrogens with two attached hydrogens (primary N) is 1. The van der Waals surface area contributed by atoms with E-state index in [0.29, 0.717) is 23.8 Å². The molecule has 0 aliphatic heterocycles. The summed E-state index contributed by atoms with van der Waals surface area (Å²) in [6.45, 7) is 8.23. The van der Waals surface area contributed by atoms with Crippen LogP contribution in [0.1, 0.15) is 63.5 Å². The van der Waals surface area contributed by atoms with E-state index in [1.54, 1.807) is 24.2 Å². The molecule has 1 aromatic heterocycles. The number of fused-ring (bicyclic) bond motifs is 1. The number of hydrogen-bond donors (Lipinski definition) is 1. The van der Waals surface area contributed by atoms with Gasteiger partial charge in [-0.15, -0.1) is 0 Å². The summed E-state index contributed by atoms with van der Waals surface area (Å²) in [7, 11) is 1.81. The Balaban J connectivity index is 1.66. The Hall–Kier alpha value is -3.15. The number of rotatable bonds is 4. The van der Waals surface area contributed by atoms with E-state index in [-0.39, 0.29) is 17.8 Å². The number of nitrogens with zero attached hydrogens (tertiary/aromatic N) is 2. The van der Waals surface area contributed by atoms with Gasteiger partial charge < -0.3 is 15.4 Å². The molecule has 2 aromatic carbocycles. The van der Waals surface area contributed by atoms with Crippen molar-refractivity contribution in [2.24, 2.45) is 5.92 Å². The maximum atomic E-state index is 14.9. The molecular formula is C29H36FN3O2. The lowest BCUT2D eigenvalue weighted by Crippen LogP contribution is -2.37. The molecule has 35 heavy (non-hydrogen) atoms. The highest BCUT2D eigenvalue weighted by Crippen LogP contribution is 2.42. The average molecular weight is 478 g/mol. The van der Waals surface area contributed by atoms with Crippen LogP contribution in [0.15, 0.2) is 42.6 Å². The third-order valence-electron chi connectivity index (χ3n) is 6.86. The highest BCUT2D eigenvalue weighted by molar-refractivity contribution is 5.92. The zero-order valence-electron chi connectivity index (χ0n) is 21.4. The van der Waals surface area contributed by atoms with Crippen molar-refractivity contribution in [1.82, 2.24) is 9.88 Å². The molecule has 6 heteroatoms. The molecule has 1 aliphatic carbocycles. The third kappa shape index (κ3) is 5.75. The van der Waals surface area contributed by atoms with Crippen molar-refractivity contribution in [2.45, 2.75) is 64.9 Å². The second kappa shape index (κ2) is 9.84. The summed E-state index contributed by atoms with van der Waals surface area (Å²) in [5.74, 6) is 0.904. The maximum absolute atomic E-state index is 14.9. The summed E-state index contributed by atoms with van der Waals surface area (Å²) in [4.78, 5) is 18.5. The largest absolute Gasteiger partial charge is 0.444 e. The minimum absolute atomic E-state index is 0.223. The molecule has 0 radical (unpaired) electrons. The number of amides is 1. The van der Waals surface area contributed by atoms with Crippen LogP contribution < -0.4 is 5.73 Å². The number of pyridine rings is 1. The summed E-state index contributed by atoms with van der Waals surface area (Å²) in [6, 6.07) is 11.3. The first-order valence-electron chi connectivity index (χ1n) is 12.4. The van der Waals surface area contributed by atoms with Gasteiger partial charge in [0.2, 0.25) is 0 Å². The number of anilines is 1. The van der Waals surface area contributed by atoms with E-state index < -0.39 is 5.60 Å². The molecule has 2 N–H and O–H groups in total. The summed E-state index contributed by atoms with van der Waals surface area (Å²) in [5.41, 5.74) is 9.13. The van der Waals surface area contributed by atoms with E-state index in [9.17, 15) is 9.18 Å². The van der Waals surface area contributed by atoms with E-state index in [2.05, 4.69) is 11.1 Å². The Bertz CT molecular complexity index is 1210. The molecule has 5 nitrogen and oxygen atoms in total. The van der Waals surface area contributed by atoms with E-state index >= 15 is 0 Å². The SMILES string of the molecule is Cc1cccc(F)c1-c1cc(C2CCC[C@@H](CN(C)C(=O)OC(C)(C)C)C2)c2cc(N)ncc2c1. The quantitative estimate of drug-likeness (QED) is 0.436. The highest BCUT2D eigenvalue weighted by atomic mass is 19.1. The van der Waals surface area contributed by atoms with Crippen LogP contribution in [0.5, 0.6) is 0 Å². The fourth-order valence-corrected chi connectivity index (χ4v) is 5.32. The first-order chi connectivity index (χ1) is 16.5. The number of aromatic nitrogens is 1. The predicted molar refractivity (Wildman–Crippen MR) is 140 cm³/mol. The minimum atomic E-state index is -0.515. The van der Waals surface area contributed by atoms with Crippen LogP contribution in [-0.2, 0) is 4.74 Å².